The summed E-state index contributed by atoms with van der Waals surface area (Å²) in [6, 6.07) is 5.63. The summed E-state index contributed by atoms with van der Waals surface area (Å²) in [5.74, 6) is 0.792. The van der Waals surface area contributed by atoms with E-state index in [1.807, 2.05) is 39.0 Å². The Morgan fingerprint density at radius 3 is 2.43 bits per heavy atom. The molecule has 0 atom stereocenters. The van der Waals surface area contributed by atoms with Gasteiger partial charge >= 0.3 is 0 Å². The first-order chi connectivity index (χ1) is 6.42. The summed E-state index contributed by atoms with van der Waals surface area (Å²) < 4.78 is 5.67. The fourth-order valence-electron chi connectivity index (χ4n) is 1.16. The molecule has 0 radical (unpaired) electrons. The van der Waals surface area contributed by atoms with Gasteiger partial charge in [-0.05, 0) is 38.5 Å². The van der Waals surface area contributed by atoms with Crippen LogP contribution < -0.4 is 10.5 Å². The predicted octanol–water partition coefficient (Wildman–Crippen LogP) is 3.09. The van der Waals surface area contributed by atoms with Crippen molar-refractivity contribution in [3.63, 3.8) is 0 Å². The zero-order chi connectivity index (χ0) is 10.8. The van der Waals surface area contributed by atoms with Crippen LogP contribution in [0.25, 0.3) is 6.08 Å². The van der Waals surface area contributed by atoms with Gasteiger partial charge in [0.2, 0.25) is 0 Å². The fourth-order valence-corrected chi connectivity index (χ4v) is 1.16. The monoisotopic (exact) mass is 191 g/mol. The van der Waals surface area contributed by atoms with Crippen molar-refractivity contribution >= 4 is 11.8 Å². The second-order valence-corrected chi connectivity index (χ2v) is 4.21. The number of rotatable bonds is 2. The Kier molecular flexibility index (Phi) is 2.84. The van der Waals surface area contributed by atoms with E-state index >= 15 is 0 Å². The maximum absolute atomic E-state index is 5.80. The molecule has 0 fully saturated rings. The average Bonchev–Trinajstić information content (AvgIpc) is 2.01. The average molecular weight is 191 g/mol. The zero-order valence-corrected chi connectivity index (χ0v) is 9.00. The Labute approximate surface area is 85.4 Å². The van der Waals surface area contributed by atoms with Gasteiger partial charge in [-0.25, -0.2) is 0 Å². The Morgan fingerprint density at radius 1 is 1.36 bits per heavy atom. The smallest absolute Gasteiger partial charge is 0.122 e. The van der Waals surface area contributed by atoms with Crippen molar-refractivity contribution in [1.82, 2.24) is 0 Å². The van der Waals surface area contributed by atoms with E-state index in [0.717, 1.165) is 11.3 Å². The van der Waals surface area contributed by atoms with E-state index in [1.165, 1.54) is 0 Å². The first-order valence-electron chi connectivity index (χ1n) is 4.63. The summed E-state index contributed by atoms with van der Waals surface area (Å²) in [7, 11) is 0. The molecule has 2 nitrogen and oxygen atoms in total. The van der Waals surface area contributed by atoms with Gasteiger partial charge in [-0.3, -0.25) is 0 Å². The van der Waals surface area contributed by atoms with Crippen LogP contribution in [-0.2, 0) is 0 Å². The number of benzene rings is 1. The van der Waals surface area contributed by atoms with E-state index in [0.29, 0.717) is 5.69 Å². The first kappa shape index (κ1) is 10.6. The third-order valence-electron chi connectivity index (χ3n) is 1.70. The highest BCUT2D eigenvalue weighted by Crippen LogP contribution is 2.23. The van der Waals surface area contributed by atoms with Crippen LogP contribution >= 0.6 is 0 Å². The van der Waals surface area contributed by atoms with Gasteiger partial charge in [0.1, 0.15) is 11.4 Å². The van der Waals surface area contributed by atoms with Crippen LogP contribution in [-0.4, -0.2) is 5.60 Å². The zero-order valence-electron chi connectivity index (χ0n) is 9.00. The second kappa shape index (κ2) is 3.74. The number of nitrogen functional groups attached to an aromatic ring is 1. The Morgan fingerprint density at radius 2 is 2.00 bits per heavy atom. The molecule has 0 saturated carbocycles. The van der Waals surface area contributed by atoms with Crippen LogP contribution in [0.1, 0.15) is 26.3 Å². The van der Waals surface area contributed by atoms with Crippen molar-refractivity contribution < 1.29 is 4.74 Å². The van der Waals surface area contributed by atoms with Crippen molar-refractivity contribution in [1.29, 1.82) is 0 Å². The molecule has 0 spiro atoms. The number of ether oxygens (including phenoxy) is 1. The maximum atomic E-state index is 5.80. The lowest BCUT2D eigenvalue weighted by Gasteiger charge is -2.21. The van der Waals surface area contributed by atoms with Crippen LogP contribution in [0.15, 0.2) is 24.8 Å². The van der Waals surface area contributed by atoms with Gasteiger partial charge in [0, 0.05) is 11.8 Å². The number of hydrogen-bond donors (Lipinski definition) is 1. The third-order valence-corrected chi connectivity index (χ3v) is 1.70. The molecule has 1 aromatic rings. The first-order valence-corrected chi connectivity index (χ1v) is 4.63. The third kappa shape index (κ3) is 2.80. The number of hydrogen-bond acceptors (Lipinski definition) is 2. The molecule has 0 saturated heterocycles. The molecule has 0 aliphatic rings. The minimum atomic E-state index is -0.192. The highest BCUT2D eigenvalue weighted by atomic mass is 16.5. The van der Waals surface area contributed by atoms with E-state index in [2.05, 4.69) is 6.58 Å². The van der Waals surface area contributed by atoms with E-state index in [-0.39, 0.29) is 5.60 Å². The largest absolute Gasteiger partial charge is 0.488 e. The molecule has 2 N–H and O–H groups in total. The van der Waals surface area contributed by atoms with Crippen molar-refractivity contribution in [3.8, 4) is 5.75 Å². The van der Waals surface area contributed by atoms with Gasteiger partial charge in [0.25, 0.3) is 0 Å². The molecule has 0 aliphatic carbocycles. The fraction of sp³-hybridized carbons (Fsp3) is 0.333. The molecule has 76 valence electrons. The van der Waals surface area contributed by atoms with Crippen LogP contribution in [0.4, 0.5) is 5.69 Å². The number of nitrogens with two attached hydrogens (primary N) is 1. The molecule has 1 rings (SSSR count). The lowest BCUT2D eigenvalue weighted by atomic mass is 10.1. The SMILES string of the molecule is C=Cc1ccc(OC(C)(C)C)cc1N. The molecule has 0 unspecified atom stereocenters. The molecule has 0 bridgehead atoms. The lowest BCUT2D eigenvalue weighted by Crippen LogP contribution is -2.22. The molecule has 1 aromatic carbocycles. The normalized spacial score (nSPS) is 11.1. The van der Waals surface area contributed by atoms with Crippen LogP contribution in [0, 0.1) is 0 Å². The van der Waals surface area contributed by atoms with E-state index < -0.39 is 0 Å². The summed E-state index contributed by atoms with van der Waals surface area (Å²) in [4.78, 5) is 0. The molecule has 0 heterocycles. The molecule has 0 aromatic heterocycles. The van der Waals surface area contributed by atoms with E-state index in [4.69, 9.17) is 10.5 Å². The molecular formula is C12H17NO. The van der Waals surface area contributed by atoms with Gasteiger partial charge < -0.3 is 10.5 Å². The highest BCUT2D eigenvalue weighted by Gasteiger charge is 2.11. The van der Waals surface area contributed by atoms with E-state index in [9.17, 15) is 0 Å². The van der Waals surface area contributed by atoms with Crippen molar-refractivity contribution in [2.24, 2.45) is 0 Å². The summed E-state index contributed by atoms with van der Waals surface area (Å²) in [5, 5.41) is 0. The van der Waals surface area contributed by atoms with Crippen molar-refractivity contribution in [2.45, 2.75) is 26.4 Å². The van der Waals surface area contributed by atoms with Crippen molar-refractivity contribution in [2.75, 3.05) is 5.73 Å². The van der Waals surface area contributed by atoms with Gasteiger partial charge in [0.15, 0.2) is 0 Å². The van der Waals surface area contributed by atoms with Gasteiger partial charge in [-0.1, -0.05) is 12.7 Å². The highest BCUT2D eigenvalue weighted by molar-refractivity contribution is 5.65. The molecule has 0 aliphatic heterocycles. The van der Waals surface area contributed by atoms with Crippen molar-refractivity contribution in [3.05, 3.63) is 30.3 Å². The molecular weight excluding hydrogens is 174 g/mol. The summed E-state index contributed by atoms with van der Waals surface area (Å²) >= 11 is 0. The quantitative estimate of drug-likeness (QED) is 0.729. The van der Waals surface area contributed by atoms with Gasteiger partial charge in [-0.2, -0.15) is 0 Å². The maximum Gasteiger partial charge on any atom is 0.122 e. The van der Waals surface area contributed by atoms with Gasteiger partial charge in [0.05, 0.1) is 0 Å². The summed E-state index contributed by atoms with van der Waals surface area (Å²) in [6.07, 6.45) is 1.73. The van der Waals surface area contributed by atoms with Crippen LogP contribution in [0.2, 0.25) is 0 Å². The van der Waals surface area contributed by atoms with Crippen LogP contribution in [0.3, 0.4) is 0 Å². The van der Waals surface area contributed by atoms with E-state index in [1.54, 1.807) is 6.08 Å². The molecule has 2 heteroatoms. The Balaban J connectivity index is 2.92. The topological polar surface area (TPSA) is 35.2 Å². The standard InChI is InChI=1S/C12H17NO/c1-5-9-6-7-10(8-11(9)13)14-12(2,3)4/h5-8H,1,13H2,2-4H3. The summed E-state index contributed by atoms with van der Waals surface area (Å²) in [5.41, 5.74) is 7.24. The summed E-state index contributed by atoms with van der Waals surface area (Å²) in [6.45, 7) is 9.69. The molecule has 14 heavy (non-hydrogen) atoms. The minimum Gasteiger partial charge on any atom is -0.488 e. The molecule has 0 amide bonds. The number of anilines is 1. The lowest BCUT2D eigenvalue weighted by molar-refractivity contribution is 0.131. The second-order valence-electron chi connectivity index (χ2n) is 4.21. The Bertz CT molecular complexity index is 337. The van der Waals surface area contributed by atoms with Gasteiger partial charge in [-0.15, -0.1) is 0 Å². The Hall–Kier alpha value is -1.44. The van der Waals surface area contributed by atoms with Crippen LogP contribution in [0.5, 0.6) is 5.75 Å². The minimum absolute atomic E-state index is 0.192. The predicted molar refractivity (Wildman–Crippen MR) is 61.3 cm³/mol.